The van der Waals surface area contributed by atoms with Crippen LogP contribution in [0.15, 0.2) is 0 Å². The fourth-order valence-electron chi connectivity index (χ4n) is 2.06. The molecule has 1 aromatic rings. The zero-order chi connectivity index (χ0) is 11.4. The van der Waals surface area contributed by atoms with Gasteiger partial charge in [0.2, 0.25) is 0 Å². The Hall–Kier alpha value is -0.940. The van der Waals surface area contributed by atoms with Crippen LogP contribution in [0.1, 0.15) is 37.8 Å². The molecule has 0 saturated carbocycles. The van der Waals surface area contributed by atoms with Crippen LogP contribution >= 0.6 is 0 Å². The van der Waals surface area contributed by atoms with Gasteiger partial charge in [-0.2, -0.15) is 0 Å². The van der Waals surface area contributed by atoms with Crippen molar-refractivity contribution in [1.82, 2.24) is 20.1 Å². The van der Waals surface area contributed by atoms with Crippen LogP contribution < -0.4 is 5.32 Å². The van der Waals surface area contributed by atoms with Crippen molar-refractivity contribution in [2.75, 3.05) is 6.61 Å². The molecule has 0 aliphatic carbocycles. The number of fused-ring (bicyclic) bond motifs is 1. The van der Waals surface area contributed by atoms with E-state index in [-0.39, 0.29) is 6.61 Å². The maximum atomic E-state index is 8.81. The average molecular weight is 224 g/mol. The lowest BCUT2D eigenvalue weighted by molar-refractivity contribution is 0.268. The van der Waals surface area contributed by atoms with Crippen LogP contribution in [-0.2, 0) is 19.5 Å². The lowest BCUT2D eigenvalue weighted by atomic mass is 10.1. The molecule has 16 heavy (non-hydrogen) atoms. The minimum Gasteiger partial charge on any atom is -0.396 e. The van der Waals surface area contributed by atoms with E-state index >= 15 is 0 Å². The molecule has 1 atom stereocenters. The second-order valence-electron chi connectivity index (χ2n) is 4.44. The first-order valence-corrected chi connectivity index (χ1v) is 6.06. The minimum absolute atomic E-state index is 0.228. The van der Waals surface area contributed by atoms with Gasteiger partial charge < -0.3 is 15.0 Å². The molecule has 0 bridgehead atoms. The van der Waals surface area contributed by atoms with Crippen LogP contribution in [0.5, 0.6) is 0 Å². The van der Waals surface area contributed by atoms with Crippen LogP contribution in [0, 0.1) is 0 Å². The molecule has 0 amide bonds. The normalized spacial score (nSPS) is 17.1. The van der Waals surface area contributed by atoms with E-state index in [1.807, 2.05) is 0 Å². The molecule has 2 N–H and O–H groups in total. The predicted octanol–water partition coefficient (Wildman–Crippen LogP) is 0.475. The van der Waals surface area contributed by atoms with Gasteiger partial charge in [0.05, 0.1) is 6.54 Å². The van der Waals surface area contributed by atoms with E-state index < -0.39 is 0 Å². The fourth-order valence-corrected chi connectivity index (χ4v) is 2.06. The van der Waals surface area contributed by atoms with Crippen molar-refractivity contribution in [2.24, 2.45) is 0 Å². The fraction of sp³-hybridized carbons (Fsp3) is 0.818. The van der Waals surface area contributed by atoms with Gasteiger partial charge in [0.15, 0.2) is 0 Å². The predicted molar refractivity (Wildman–Crippen MR) is 61.0 cm³/mol. The van der Waals surface area contributed by atoms with Crippen molar-refractivity contribution in [3.63, 3.8) is 0 Å². The third-order valence-electron chi connectivity index (χ3n) is 3.11. The standard InChI is InChI=1S/C11H20N4O/c1-9(5-7-16)12-8-11-14-13-10-4-2-3-6-15(10)11/h9,12,16H,2-8H2,1H3. The van der Waals surface area contributed by atoms with Gasteiger partial charge in [0, 0.05) is 25.6 Å². The molecule has 0 saturated heterocycles. The van der Waals surface area contributed by atoms with Crippen molar-refractivity contribution in [3.8, 4) is 0 Å². The molecule has 5 nitrogen and oxygen atoms in total. The van der Waals surface area contributed by atoms with Crippen molar-refractivity contribution in [1.29, 1.82) is 0 Å². The summed E-state index contributed by atoms with van der Waals surface area (Å²) >= 11 is 0. The van der Waals surface area contributed by atoms with Gasteiger partial charge in [0.25, 0.3) is 0 Å². The molecule has 0 radical (unpaired) electrons. The molecule has 90 valence electrons. The van der Waals surface area contributed by atoms with Crippen molar-refractivity contribution in [2.45, 2.75) is 51.7 Å². The summed E-state index contributed by atoms with van der Waals surface area (Å²) in [5.41, 5.74) is 0. The zero-order valence-corrected chi connectivity index (χ0v) is 9.82. The molecular formula is C11H20N4O. The quantitative estimate of drug-likeness (QED) is 0.763. The number of aliphatic hydroxyl groups is 1. The highest BCUT2D eigenvalue weighted by Gasteiger charge is 2.15. The minimum atomic E-state index is 0.228. The lowest BCUT2D eigenvalue weighted by Crippen LogP contribution is -2.28. The molecule has 2 rings (SSSR count). The molecule has 0 fully saturated rings. The van der Waals surface area contributed by atoms with Gasteiger partial charge in [-0.3, -0.25) is 0 Å². The number of aliphatic hydroxyl groups excluding tert-OH is 1. The Morgan fingerprint density at radius 3 is 3.12 bits per heavy atom. The van der Waals surface area contributed by atoms with Crippen LogP contribution in [0.4, 0.5) is 0 Å². The van der Waals surface area contributed by atoms with Crippen molar-refractivity contribution in [3.05, 3.63) is 11.6 Å². The van der Waals surface area contributed by atoms with Gasteiger partial charge in [0.1, 0.15) is 11.6 Å². The molecule has 1 aliphatic heterocycles. The van der Waals surface area contributed by atoms with Crippen LogP contribution in [0.2, 0.25) is 0 Å². The van der Waals surface area contributed by atoms with E-state index in [0.717, 1.165) is 37.6 Å². The monoisotopic (exact) mass is 224 g/mol. The van der Waals surface area contributed by atoms with Crippen molar-refractivity contribution < 1.29 is 5.11 Å². The topological polar surface area (TPSA) is 63.0 Å². The smallest absolute Gasteiger partial charge is 0.147 e. The zero-order valence-electron chi connectivity index (χ0n) is 9.82. The van der Waals surface area contributed by atoms with E-state index in [0.29, 0.717) is 6.04 Å². The lowest BCUT2D eigenvalue weighted by Gasteiger charge is -2.16. The summed E-state index contributed by atoms with van der Waals surface area (Å²) in [6.07, 6.45) is 4.29. The van der Waals surface area contributed by atoms with Crippen molar-refractivity contribution >= 4 is 0 Å². The number of hydrogen-bond acceptors (Lipinski definition) is 4. The first kappa shape index (κ1) is 11.5. The second-order valence-corrected chi connectivity index (χ2v) is 4.44. The summed E-state index contributed by atoms with van der Waals surface area (Å²) in [5, 5.41) is 20.6. The number of nitrogens with one attached hydrogen (secondary N) is 1. The number of aryl methyl sites for hydroxylation is 1. The molecular weight excluding hydrogens is 204 g/mol. The summed E-state index contributed by atoms with van der Waals surface area (Å²) in [4.78, 5) is 0. The average Bonchev–Trinajstić information content (AvgIpc) is 2.70. The first-order valence-electron chi connectivity index (χ1n) is 6.06. The molecule has 5 heteroatoms. The van der Waals surface area contributed by atoms with E-state index in [1.54, 1.807) is 0 Å². The van der Waals surface area contributed by atoms with Crippen LogP contribution in [0.25, 0.3) is 0 Å². The number of nitrogens with zero attached hydrogens (tertiary/aromatic N) is 3. The summed E-state index contributed by atoms with van der Waals surface area (Å²) in [6, 6.07) is 0.321. The first-order chi connectivity index (χ1) is 7.81. The summed E-state index contributed by atoms with van der Waals surface area (Å²) in [5.74, 6) is 2.15. The second kappa shape index (κ2) is 5.41. The van der Waals surface area contributed by atoms with E-state index in [1.165, 1.54) is 12.8 Å². The Labute approximate surface area is 95.9 Å². The number of rotatable bonds is 5. The van der Waals surface area contributed by atoms with Crippen LogP contribution in [0.3, 0.4) is 0 Å². The van der Waals surface area contributed by atoms with Gasteiger partial charge in [-0.05, 0) is 26.2 Å². The van der Waals surface area contributed by atoms with Gasteiger partial charge >= 0.3 is 0 Å². The van der Waals surface area contributed by atoms with Gasteiger partial charge in [-0.25, -0.2) is 0 Å². The molecule has 0 spiro atoms. The molecule has 1 aliphatic rings. The Kier molecular flexibility index (Phi) is 3.90. The Morgan fingerprint density at radius 1 is 1.44 bits per heavy atom. The maximum absolute atomic E-state index is 8.81. The largest absolute Gasteiger partial charge is 0.396 e. The van der Waals surface area contributed by atoms with E-state index in [9.17, 15) is 0 Å². The number of aromatic nitrogens is 3. The van der Waals surface area contributed by atoms with Crippen LogP contribution in [-0.4, -0.2) is 32.5 Å². The summed E-state index contributed by atoms with van der Waals surface area (Å²) < 4.78 is 2.22. The Bertz CT molecular complexity index is 337. The summed E-state index contributed by atoms with van der Waals surface area (Å²) in [6.45, 7) is 4.09. The van der Waals surface area contributed by atoms with E-state index in [4.69, 9.17) is 5.11 Å². The highest BCUT2D eigenvalue weighted by Crippen LogP contribution is 2.14. The third kappa shape index (κ3) is 2.59. The molecule has 1 aromatic heterocycles. The highest BCUT2D eigenvalue weighted by molar-refractivity contribution is 4.98. The van der Waals surface area contributed by atoms with E-state index in [2.05, 4.69) is 27.0 Å². The SMILES string of the molecule is CC(CCO)NCc1nnc2n1CCCC2. The van der Waals surface area contributed by atoms with Gasteiger partial charge in [-0.15, -0.1) is 10.2 Å². The van der Waals surface area contributed by atoms with Gasteiger partial charge in [-0.1, -0.05) is 0 Å². The number of hydrogen-bond donors (Lipinski definition) is 2. The summed E-state index contributed by atoms with van der Waals surface area (Å²) in [7, 11) is 0. The highest BCUT2D eigenvalue weighted by atomic mass is 16.3. The molecule has 1 unspecified atom stereocenters. The Balaban J connectivity index is 1.92. The molecule has 2 heterocycles. The maximum Gasteiger partial charge on any atom is 0.147 e. The molecule has 0 aromatic carbocycles. The third-order valence-corrected chi connectivity index (χ3v) is 3.11. The Morgan fingerprint density at radius 2 is 2.31 bits per heavy atom.